The molecule has 6 nitrogen and oxygen atoms in total. The maximum Gasteiger partial charge on any atom is 0.305 e. The molecule has 55 heavy (non-hydrogen) atoms. The van der Waals surface area contributed by atoms with Crippen molar-refractivity contribution in [2.24, 2.45) is 5.18 Å². The predicted molar refractivity (Wildman–Crippen MR) is 242 cm³/mol. The number of unbranched alkanes of at least 4 members (excludes halogenated alkanes) is 31. The molecule has 0 rings (SSSR count). The van der Waals surface area contributed by atoms with Crippen LogP contribution in [-0.4, -0.2) is 68.2 Å². The summed E-state index contributed by atoms with van der Waals surface area (Å²) in [6, 6.07) is 0. The van der Waals surface area contributed by atoms with Gasteiger partial charge in [-0.15, -0.1) is 0 Å². The zero-order valence-corrected chi connectivity index (χ0v) is 37.9. The third-order valence-electron chi connectivity index (χ3n) is 11.7. The zero-order chi connectivity index (χ0) is 40.0. The van der Waals surface area contributed by atoms with E-state index in [0.717, 1.165) is 45.3 Å². The van der Waals surface area contributed by atoms with Crippen LogP contribution in [0.3, 0.4) is 0 Å². The standard InChI is InChI=1S/C49H99N3O3/c1-4-7-9-11-13-15-17-23-29-35-43-51(42-6-3)44-36-30-26-21-22-28-34-40-49(53)55-48-39-33-27-20-19-25-32-38-46-52(47-41-50-54)45-37-31-24-18-16-14-12-10-8-5-2/h4-48H2,1-3H3. The van der Waals surface area contributed by atoms with Crippen molar-refractivity contribution in [3.63, 3.8) is 0 Å². The summed E-state index contributed by atoms with van der Waals surface area (Å²) in [6.07, 6.45) is 48.2. The van der Waals surface area contributed by atoms with E-state index in [9.17, 15) is 9.70 Å². The Morgan fingerprint density at radius 1 is 0.364 bits per heavy atom. The summed E-state index contributed by atoms with van der Waals surface area (Å²) >= 11 is 0. The van der Waals surface area contributed by atoms with Gasteiger partial charge in [0.1, 0.15) is 0 Å². The van der Waals surface area contributed by atoms with Gasteiger partial charge >= 0.3 is 5.97 Å². The van der Waals surface area contributed by atoms with Crippen LogP contribution in [0.15, 0.2) is 5.18 Å². The highest BCUT2D eigenvalue weighted by atomic mass is 16.5. The molecule has 0 heterocycles. The molecular formula is C49H99N3O3. The highest BCUT2D eigenvalue weighted by Gasteiger charge is 2.07. The van der Waals surface area contributed by atoms with E-state index >= 15 is 0 Å². The van der Waals surface area contributed by atoms with E-state index in [1.54, 1.807) is 0 Å². The SMILES string of the molecule is CCCCCCCCCCCCN(CCC)CCCCCCCCCC(=O)OCCCCCCCCCCN(CCCCCCCCCCCC)CCN=O. The van der Waals surface area contributed by atoms with Crippen LogP contribution in [0.4, 0.5) is 0 Å². The fraction of sp³-hybridized carbons (Fsp3) is 0.980. The maximum atomic E-state index is 12.2. The van der Waals surface area contributed by atoms with Crippen molar-refractivity contribution in [2.75, 3.05) is 52.4 Å². The van der Waals surface area contributed by atoms with Gasteiger partial charge in [0, 0.05) is 13.0 Å². The van der Waals surface area contributed by atoms with Gasteiger partial charge in [-0.25, -0.2) is 0 Å². The van der Waals surface area contributed by atoms with Crippen molar-refractivity contribution in [3.05, 3.63) is 4.91 Å². The summed E-state index contributed by atoms with van der Waals surface area (Å²) in [6.45, 7) is 14.8. The molecule has 0 amide bonds. The van der Waals surface area contributed by atoms with Gasteiger partial charge in [0.25, 0.3) is 0 Å². The van der Waals surface area contributed by atoms with E-state index in [1.165, 1.54) is 225 Å². The number of hydrogen-bond acceptors (Lipinski definition) is 6. The summed E-state index contributed by atoms with van der Waals surface area (Å²) in [4.78, 5) is 28.0. The minimum Gasteiger partial charge on any atom is -0.466 e. The Kier molecular flexibility index (Phi) is 46.5. The molecular weight excluding hydrogens is 679 g/mol. The first-order valence-corrected chi connectivity index (χ1v) is 25.1. The molecule has 0 atom stereocenters. The third kappa shape index (κ3) is 43.9. The molecule has 328 valence electrons. The van der Waals surface area contributed by atoms with E-state index in [1.807, 2.05) is 0 Å². The van der Waals surface area contributed by atoms with Crippen molar-refractivity contribution >= 4 is 5.97 Å². The van der Waals surface area contributed by atoms with E-state index < -0.39 is 0 Å². The van der Waals surface area contributed by atoms with E-state index in [2.05, 4.69) is 35.7 Å². The molecule has 0 aliphatic heterocycles. The molecule has 0 saturated carbocycles. The second kappa shape index (κ2) is 47.4. The van der Waals surface area contributed by atoms with E-state index in [4.69, 9.17) is 4.74 Å². The Morgan fingerprint density at radius 2 is 0.673 bits per heavy atom. The van der Waals surface area contributed by atoms with Crippen LogP contribution in [0.5, 0.6) is 0 Å². The van der Waals surface area contributed by atoms with Gasteiger partial charge in [0.15, 0.2) is 0 Å². The molecule has 0 bridgehead atoms. The van der Waals surface area contributed by atoms with E-state index in [0.29, 0.717) is 19.6 Å². The minimum atomic E-state index is 0.00422. The summed E-state index contributed by atoms with van der Waals surface area (Å²) in [7, 11) is 0. The van der Waals surface area contributed by atoms with Crippen LogP contribution in [0.2, 0.25) is 0 Å². The highest BCUT2D eigenvalue weighted by Crippen LogP contribution is 2.15. The molecule has 0 aromatic heterocycles. The van der Waals surface area contributed by atoms with Crippen molar-refractivity contribution < 1.29 is 9.53 Å². The summed E-state index contributed by atoms with van der Waals surface area (Å²) in [5.41, 5.74) is 0. The predicted octanol–water partition coefficient (Wildman–Crippen LogP) is 15.4. The monoisotopic (exact) mass is 778 g/mol. The Labute approximate surface area is 345 Å². The van der Waals surface area contributed by atoms with Crippen molar-refractivity contribution in [2.45, 2.75) is 258 Å². The number of ether oxygens (including phenoxy) is 1. The van der Waals surface area contributed by atoms with Crippen LogP contribution in [0.25, 0.3) is 0 Å². The van der Waals surface area contributed by atoms with Crippen molar-refractivity contribution in [3.8, 4) is 0 Å². The number of carbonyl (C=O) groups is 1. The Hall–Kier alpha value is -1.01. The second-order valence-electron chi connectivity index (χ2n) is 17.2. The molecule has 0 aromatic carbocycles. The summed E-state index contributed by atoms with van der Waals surface area (Å²) in [5, 5.41) is 3.12. The number of nitroso groups, excluding NO2 is 1. The summed E-state index contributed by atoms with van der Waals surface area (Å²) in [5.74, 6) is 0.00422. The minimum absolute atomic E-state index is 0.00422. The van der Waals surface area contributed by atoms with Gasteiger partial charge in [-0.3, -0.25) is 4.79 Å². The Morgan fingerprint density at radius 3 is 1.02 bits per heavy atom. The number of hydrogen-bond donors (Lipinski definition) is 0. The maximum absolute atomic E-state index is 12.2. The number of nitrogens with zero attached hydrogens (tertiary/aromatic N) is 3. The second-order valence-corrected chi connectivity index (χ2v) is 17.2. The molecule has 0 aromatic rings. The first-order valence-electron chi connectivity index (χ1n) is 25.1. The highest BCUT2D eigenvalue weighted by molar-refractivity contribution is 5.69. The fourth-order valence-corrected chi connectivity index (χ4v) is 8.06. The molecule has 0 radical (unpaired) electrons. The zero-order valence-electron chi connectivity index (χ0n) is 37.9. The van der Waals surface area contributed by atoms with Gasteiger partial charge in [0.2, 0.25) is 0 Å². The molecule has 0 spiro atoms. The van der Waals surface area contributed by atoms with Crippen LogP contribution in [0.1, 0.15) is 258 Å². The largest absolute Gasteiger partial charge is 0.466 e. The molecule has 0 aliphatic carbocycles. The molecule has 0 fully saturated rings. The van der Waals surface area contributed by atoms with Gasteiger partial charge < -0.3 is 14.5 Å². The average molecular weight is 778 g/mol. The first kappa shape index (κ1) is 54.0. The number of carbonyl (C=O) groups excluding carboxylic acids is 1. The lowest BCUT2D eigenvalue weighted by Crippen LogP contribution is -2.28. The van der Waals surface area contributed by atoms with Crippen molar-refractivity contribution in [1.29, 1.82) is 0 Å². The fourth-order valence-electron chi connectivity index (χ4n) is 8.06. The van der Waals surface area contributed by atoms with Crippen LogP contribution < -0.4 is 0 Å². The topological polar surface area (TPSA) is 62.2 Å². The van der Waals surface area contributed by atoms with Crippen molar-refractivity contribution in [1.82, 2.24) is 9.80 Å². The van der Waals surface area contributed by atoms with Crippen LogP contribution in [0, 0.1) is 4.91 Å². The van der Waals surface area contributed by atoms with E-state index in [-0.39, 0.29) is 5.97 Å². The lowest BCUT2D eigenvalue weighted by molar-refractivity contribution is -0.143. The van der Waals surface area contributed by atoms with Crippen LogP contribution >= 0.6 is 0 Å². The Balaban J connectivity index is 3.56. The molecule has 0 aliphatic rings. The number of rotatable bonds is 48. The van der Waals surface area contributed by atoms with Gasteiger partial charge in [0.05, 0.1) is 13.2 Å². The third-order valence-corrected chi connectivity index (χ3v) is 11.7. The lowest BCUT2D eigenvalue weighted by Gasteiger charge is -2.21. The lowest BCUT2D eigenvalue weighted by atomic mass is 10.1. The molecule has 0 unspecified atom stereocenters. The summed E-state index contributed by atoms with van der Waals surface area (Å²) < 4.78 is 5.52. The quantitative estimate of drug-likeness (QED) is 0.0350. The Bertz CT molecular complexity index is 751. The smallest absolute Gasteiger partial charge is 0.305 e. The number of esters is 1. The first-order chi connectivity index (χ1) is 27.2. The molecule has 6 heteroatoms. The van der Waals surface area contributed by atoms with Crippen LogP contribution in [-0.2, 0) is 9.53 Å². The molecule has 0 N–H and O–H groups in total. The van der Waals surface area contributed by atoms with Gasteiger partial charge in [-0.1, -0.05) is 212 Å². The van der Waals surface area contributed by atoms with Gasteiger partial charge in [-0.05, 0) is 77.7 Å². The normalized spacial score (nSPS) is 11.7. The molecule has 0 saturated heterocycles. The van der Waals surface area contributed by atoms with Gasteiger partial charge in [-0.2, -0.15) is 4.91 Å². The average Bonchev–Trinajstić information content (AvgIpc) is 3.19.